The van der Waals surface area contributed by atoms with E-state index in [-0.39, 0.29) is 41.2 Å². The average Bonchev–Trinajstić information content (AvgIpc) is 3.02. The molecule has 0 aliphatic heterocycles. The van der Waals surface area contributed by atoms with Crippen LogP contribution in [0.15, 0.2) is 0 Å². The molecule has 0 aromatic carbocycles. The van der Waals surface area contributed by atoms with Gasteiger partial charge in [0.25, 0.3) is 0 Å². The summed E-state index contributed by atoms with van der Waals surface area (Å²) in [6.45, 7) is 11.3. The third kappa shape index (κ3) is 3.92. The van der Waals surface area contributed by atoms with E-state index in [0.717, 1.165) is 57.8 Å². The van der Waals surface area contributed by atoms with E-state index >= 15 is 0 Å². The van der Waals surface area contributed by atoms with Crippen LogP contribution in [0.3, 0.4) is 0 Å². The van der Waals surface area contributed by atoms with Gasteiger partial charge in [0, 0.05) is 0 Å². The predicted molar refractivity (Wildman–Crippen MR) is 123 cm³/mol. The highest BCUT2D eigenvalue weighted by Gasteiger charge is 2.65. The van der Waals surface area contributed by atoms with Crippen LogP contribution in [0.2, 0.25) is 0 Å². The molecule has 4 saturated carbocycles. The summed E-state index contributed by atoms with van der Waals surface area (Å²) < 4.78 is 0. The molecule has 12 atom stereocenters. The molecular formula is C27H48O4. The fourth-order valence-electron chi connectivity index (χ4n) is 9.37. The number of hydrogen-bond acceptors (Lipinski definition) is 4. The lowest BCUT2D eigenvalue weighted by atomic mass is 9.43. The number of rotatable bonds is 5. The summed E-state index contributed by atoms with van der Waals surface area (Å²) in [5, 5.41) is 43.8. The molecule has 0 aromatic heterocycles. The summed E-state index contributed by atoms with van der Waals surface area (Å²) >= 11 is 0. The van der Waals surface area contributed by atoms with Gasteiger partial charge < -0.3 is 20.4 Å². The van der Waals surface area contributed by atoms with Crippen LogP contribution in [0.25, 0.3) is 0 Å². The Kier molecular flexibility index (Phi) is 6.62. The summed E-state index contributed by atoms with van der Waals surface area (Å²) in [5.41, 5.74) is -0.0426. The lowest BCUT2D eigenvalue weighted by molar-refractivity contribution is -0.207. The molecule has 0 amide bonds. The van der Waals surface area contributed by atoms with Crippen molar-refractivity contribution in [3.8, 4) is 0 Å². The van der Waals surface area contributed by atoms with Crippen LogP contribution in [0.1, 0.15) is 92.4 Å². The maximum absolute atomic E-state index is 11.6. The van der Waals surface area contributed by atoms with Gasteiger partial charge in [-0.1, -0.05) is 34.6 Å². The molecule has 4 fully saturated rings. The molecule has 4 rings (SSSR count). The Morgan fingerprint density at radius 3 is 2.26 bits per heavy atom. The lowest BCUT2D eigenvalue weighted by Gasteiger charge is -2.63. The molecule has 0 spiro atoms. The van der Waals surface area contributed by atoms with Crippen molar-refractivity contribution in [3.63, 3.8) is 0 Å². The summed E-state index contributed by atoms with van der Waals surface area (Å²) in [7, 11) is 0. The highest BCUT2D eigenvalue weighted by Crippen LogP contribution is 2.68. The molecule has 4 aliphatic carbocycles. The Balaban J connectivity index is 1.56. The van der Waals surface area contributed by atoms with Gasteiger partial charge in [-0.25, -0.2) is 0 Å². The van der Waals surface area contributed by atoms with Crippen LogP contribution in [0.4, 0.5) is 0 Å². The highest BCUT2D eigenvalue weighted by molar-refractivity contribution is 5.14. The minimum Gasteiger partial charge on any atom is -0.393 e. The molecule has 31 heavy (non-hydrogen) atoms. The van der Waals surface area contributed by atoms with E-state index in [1.165, 1.54) is 0 Å². The van der Waals surface area contributed by atoms with Crippen molar-refractivity contribution >= 4 is 0 Å². The van der Waals surface area contributed by atoms with Crippen molar-refractivity contribution in [1.29, 1.82) is 0 Å². The van der Waals surface area contributed by atoms with Gasteiger partial charge in [-0.2, -0.15) is 0 Å². The van der Waals surface area contributed by atoms with Gasteiger partial charge in [0.05, 0.1) is 24.4 Å². The normalized spacial score (nSPS) is 51.7. The molecule has 180 valence electrons. The zero-order valence-electron chi connectivity index (χ0n) is 20.5. The molecule has 4 aliphatic rings. The van der Waals surface area contributed by atoms with Crippen LogP contribution >= 0.6 is 0 Å². The quantitative estimate of drug-likeness (QED) is 0.515. The van der Waals surface area contributed by atoms with Gasteiger partial charge in [0.1, 0.15) is 0 Å². The molecule has 0 aromatic rings. The zero-order chi connectivity index (χ0) is 22.7. The van der Waals surface area contributed by atoms with Gasteiger partial charge in [0.2, 0.25) is 0 Å². The second kappa shape index (κ2) is 8.56. The van der Waals surface area contributed by atoms with Crippen molar-refractivity contribution in [2.24, 2.45) is 52.3 Å². The third-order valence-corrected chi connectivity index (χ3v) is 10.9. The van der Waals surface area contributed by atoms with Crippen molar-refractivity contribution < 1.29 is 20.4 Å². The number of hydrogen-bond donors (Lipinski definition) is 4. The summed E-state index contributed by atoms with van der Waals surface area (Å²) in [6.07, 6.45) is 6.98. The Bertz CT molecular complexity index is 637. The van der Waals surface area contributed by atoms with Crippen molar-refractivity contribution in [1.82, 2.24) is 0 Å². The number of aliphatic hydroxyl groups excluding tert-OH is 4. The molecule has 0 radical (unpaired) electrons. The Labute approximate surface area is 189 Å². The minimum atomic E-state index is -0.342. The van der Waals surface area contributed by atoms with Gasteiger partial charge in [-0.05, 0) is 110 Å². The first-order chi connectivity index (χ1) is 14.5. The van der Waals surface area contributed by atoms with Crippen LogP contribution in [-0.4, -0.2) is 44.8 Å². The molecule has 4 unspecified atom stereocenters. The first-order valence-electron chi connectivity index (χ1n) is 13.2. The van der Waals surface area contributed by atoms with Crippen molar-refractivity contribution in [2.45, 2.75) is 117 Å². The van der Waals surface area contributed by atoms with Crippen molar-refractivity contribution in [3.05, 3.63) is 0 Å². The summed E-state index contributed by atoms with van der Waals surface area (Å²) in [4.78, 5) is 0. The monoisotopic (exact) mass is 436 g/mol. The lowest BCUT2D eigenvalue weighted by Crippen LogP contribution is -2.62. The van der Waals surface area contributed by atoms with E-state index in [9.17, 15) is 20.4 Å². The van der Waals surface area contributed by atoms with Crippen LogP contribution in [0, 0.1) is 52.3 Å². The average molecular weight is 437 g/mol. The van der Waals surface area contributed by atoms with Gasteiger partial charge >= 0.3 is 0 Å². The topological polar surface area (TPSA) is 80.9 Å². The SMILES string of the molecule is CC(C)CC(O)C[C@@H](C)[C@H]1CC[C@H]2[C@@H]3C(O)C[C@@H]4CC(O)CC[C@]4(C)[C@H]3CC(O)[C@]12C. The van der Waals surface area contributed by atoms with E-state index in [1.54, 1.807) is 0 Å². The Morgan fingerprint density at radius 2 is 1.58 bits per heavy atom. The molecule has 0 bridgehead atoms. The van der Waals surface area contributed by atoms with E-state index < -0.39 is 0 Å². The number of fused-ring (bicyclic) bond motifs is 5. The Hall–Kier alpha value is -0.160. The molecule has 0 heterocycles. The first-order valence-corrected chi connectivity index (χ1v) is 13.2. The van der Waals surface area contributed by atoms with Crippen LogP contribution < -0.4 is 0 Å². The largest absolute Gasteiger partial charge is 0.393 e. The van der Waals surface area contributed by atoms with E-state index in [0.29, 0.717) is 35.5 Å². The second-order valence-electron chi connectivity index (χ2n) is 13.0. The summed E-state index contributed by atoms with van der Waals surface area (Å²) in [5.74, 6) is 2.62. The predicted octanol–water partition coefficient (Wildman–Crippen LogP) is 4.38. The zero-order valence-corrected chi connectivity index (χ0v) is 20.5. The summed E-state index contributed by atoms with van der Waals surface area (Å²) in [6, 6.07) is 0. The molecular weight excluding hydrogens is 388 g/mol. The van der Waals surface area contributed by atoms with Gasteiger partial charge in [-0.15, -0.1) is 0 Å². The smallest absolute Gasteiger partial charge is 0.0602 e. The maximum atomic E-state index is 11.6. The highest BCUT2D eigenvalue weighted by atomic mass is 16.3. The Morgan fingerprint density at radius 1 is 0.871 bits per heavy atom. The minimum absolute atomic E-state index is 0.128. The third-order valence-electron chi connectivity index (χ3n) is 10.9. The molecule has 4 heteroatoms. The maximum Gasteiger partial charge on any atom is 0.0602 e. The van der Waals surface area contributed by atoms with Crippen LogP contribution in [0.5, 0.6) is 0 Å². The van der Waals surface area contributed by atoms with Gasteiger partial charge in [0.15, 0.2) is 0 Å². The van der Waals surface area contributed by atoms with E-state index in [4.69, 9.17) is 0 Å². The molecule has 4 N–H and O–H groups in total. The van der Waals surface area contributed by atoms with Gasteiger partial charge in [-0.3, -0.25) is 0 Å². The standard InChI is InChI=1S/C27H48O4/c1-15(2)10-19(29)11-16(3)20-6-7-21-25-22(14-24(31)27(20,21)5)26(4)9-8-18(28)12-17(26)13-23(25)30/h15-25,28-31H,6-14H2,1-5H3/t16-,17+,18?,19?,20-,21+,22+,23?,24?,25+,26+,27-/m1/s1. The first kappa shape index (κ1) is 24.0. The number of aliphatic hydroxyl groups is 4. The van der Waals surface area contributed by atoms with Crippen LogP contribution in [-0.2, 0) is 0 Å². The van der Waals surface area contributed by atoms with E-state index in [1.807, 2.05) is 0 Å². The van der Waals surface area contributed by atoms with E-state index in [2.05, 4.69) is 34.6 Å². The fraction of sp³-hybridized carbons (Fsp3) is 1.00. The molecule has 4 nitrogen and oxygen atoms in total. The fourth-order valence-corrected chi connectivity index (χ4v) is 9.37. The second-order valence-corrected chi connectivity index (χ2v) is 13.0. The van der Waals surface area contributed by atoms with Crippen molar-refractivity contribution in [2.75, 3.05) is 0 Å². The molecule has 0 saturated heterocycles.